The number of oxime groups is 1. The Morgan fingerprint density at radius 1 is 0.969 bits per heavy atom. The topological polar surface area (TPSA) is 60.7 Å². The highest BCUT2D eigenvalue weighted by Crippen LogP contribution is 2.48. The molecule has 2 aromatic carbocycles. The number of halogens is 7. The van der Waals surface area contributed by atoms with E-state index in [0.29, 0.717) is 29.2 Å². The molecule has 0 fully saturated rings. The van der Waals surface area contributed by atoms with Crippen LogP contribution in [0.5, 0.6) is 0 Å². The van der Waals surface area contributed by atoms with Crippen LogP contribution in [0.2, 0.25) is 0 Å². The molecule has 5 nitrogen and oxygen atoms in total. The molecule has 0 aliphatic rings. The first-order valence-electron chi connectivity index (χ1n) is 8.92. The van der Waals surface area contributed by atoms with E-state index in [1.54, 1.807) is 35.8 Å². The average Bonchev–Trinajstić information content (AvgIpc) is 2.99. The molecule has 0 unspecified atom stereocenters. The fourth-order valence-corrected chi connectivity index (χ4v) is 3.47. The summed E-state index contributed by atoms with van der Waals surface area (Å²) in [5, 5.41) is 3.30. The molecule has 1 aromatic heterocycles. The van der Waals surface area contributed by atoms with Gasteiger partial charge in [0.1, 0.15) is 0 Å². The predicted molar refractivity (Wildman–Crippen MR) is 104 cm³/mol. The van der Waals surface area contributed by atoms with Crippen molar-refractivity contribution in [3.8, 4) is 0 Å². The van der Waals surface area contributed by atoms with Gasteiger partial charge in [0.15, 0.2) is 5.71 Å². The van der Waals surface area contributed by atoms with Crippen molar-refractivity contribution in [3.05, 3.63) is 48.0 Å². The van der Waals surface area contributed by atoms with E-state index in [2.05, 4.69) is 9.44 Å². The van der Waals surface area contributed by atoms with Crippen molar-refractivity contribution in [1.82, 2.24) is 4.57 Å². The summed E-state index contributed by atoms with van der Waals surface area (Å²) < 4.78 is 123. The molecule has 32 heavy (non-hydrogen) atoms. The van der Waals surface area contributed by atoms with Gasteiger partial charge in [-0.2, -0.15) is 39.2 Å². The molecule has 0 saturated heterocycles. The van der Waals surface area contributed by atoms with Crippen LogP contribution in [-0.4, -0.2) is 43.0 Å². The molecule has 1 heterocycles. The summed E-state index contributed by atoms with van der Waals surface area (Å²) in [5.41, 5.74) is -1.89. The Balaban J connectivity index is 2.32. The van der Waals surface area contributed by atoms with Gasteiger partial charge in [-0.25, -0.2) is 0 Å². The maximum Gasteiger partial charge on any atom is 0.460 e. The van der Waals surface area contributed by atoms with Gasteiger partial charge in [-0.05, 0) is 25.1 Å². The molecule has 0 aliphatic heterocycles. The van der Waals surface area contributed by atoms with Crippen molar-refractivity contribution < 1.29 is 43.4 Å². The summed E-state index contributed by atoms with van der Waals surface area (Å²) in [6.45, 7) is 2.24. The largest absolute Gasteiger partial charge is 0.460 e. The smallest absolute Gasteiger partial charge is 0.341 e. The van der Waals surface area contributed by atoms with Crippen LogP contribution in [0.4, 0.5) is 30.7 Å². The number of para-hydroxylation sites is 1. The summed E-state index contributed by atoms with van der Waals surface area (Å²) in [7, 11) is -4.60. The zero-order chi connectivity index (χ0) is 24.1. The average molecular weight is 484 g/mol. The van der Waals surface area contributed by atoms with Gasteiger partial charge in [0.25, 0.3) is 0 Å². The summed E-state index contributed by atoms with van der Waals surface area (Å²) >= 11 is 0. The first-order valence-corrected chi connectivity index (χ1v) is 10.7. The molecule has 0 saturated carbocycles. The molecule has 3 rings (SSSR count). The number of nitrogens with zero attached hydrogens (tertiary/aromatic N) is 2. The number of benzene rings is 2. The van der Waals surface area contributed by atoms with Crippen LogP contribution in [0.25, 0.3) is 21.8 Å². The Kier molecular flexibility index (Phi) is 5.69. The van der Waals surface area contributed by atoms with Crippen molar-refractivity contribution in [2.24, 2.45) is 5.16 Å². The van der Waals surface area contributed by atoms with Crippen LogP contribution in [-0.2, 0) is 20.9 Å². The van der Waals surface area contributed by atoms with E-state index >= 15 is 0 Å². The first kappa shape index (κ1) is 23.8. The highest BCUT2D eigenvalue weighted by molar-refractivity contribution is 7.85. The third-order valence-corrected chi connectivity index (χ3v) is 5.02. The molecule has 0 aliphatic carbocycles. The Hall–Kier alpha value is -2.83. The van der Waals surface area contributed by atoms with Gasteiger partial charge in [0, 0.05) is 33.9 Å². The lowest BCUT2D eigenvalue weighted by molar-refractivity contribution is -0.336. The second kappa shape index (κ2) is 7.64. The quantitative estimate of drug-likeness (QED) is 0.270. The highest BCUT2D eigenvalue weighted by Gasteiger charge is 2.75. The fraction of sp³-hybridized carbons (Fsp3) is 0.316. The van der Waals surface area contributed by atoms with E-state index in [1.165, 1.54) is 6.07 Å². The summed E-state index contributed by atoms with van der Waals surface area (Å²) in [6.07, 6.45) is -6.28. The molecule has 0 spiro atoms. The number of hydrogen-bond acceptors (Lipinski definition) is 4. The lowest BCUT2D eigenvalue weighted by Gasteiger charge is -2.28. The van der Waals surface area contributed by atoms with Crippen molar-refractivity contribution in [3.63, 3.8) is 0 Å². The zero-order valence-electron chi connectivity index (χ0n) is 16.4. The summed E-state index contributed by atoms with van der Waals surface area (Å²) in [6, 6.07) is 9.69. The van der Waals surface area contributed by atoms with Gasteiger partial charge in [0.2, 0.25) is 0 Å². The third kappa shape index (κ3) is 3.89. The minimum Gasteiger partial charge on any atom is -0.341 e. The maximum absolute atomic E-state index is 14.5. The van der Waals surface area contributed by atoms with Crippen LogP contribution < -0.4 is 0 Å². The lowest BCUT2D eigenvalue weighted by atomic mass is 9.97. The number of hydrogen-bond donors (Lipinski definition) is 0. The second-order valence-corrected chi connectivity index (χ2v) is 8.42. The van der Waals surface area contributed by atoms with E-state index in [9.17, 15) is 39.2 Å². The van der Waals surface area contributed by atoms with Gasteiger partial charge >= 0.3 is 28.1 Å². The Bertz CT molecular complexity index is 1310. The number of rotatable bonds is 6. The van der Waals surface area contributed by atoms with Crippen LogP contribution in [0, 0.1) is 0 Å². The number of aryl methyl sites for hydroxylation is 1. The van der Waals surface area contributed by atoms with E-state index in [4.69, 9.17) is 0 Å². The lowest BCUT2D eigenvalue weighted by Crippen LogP contribution is -2.56. The normalized spacial score (nSPS) is 14.3. The fourth-order valence-electron chi connectivity index (χ4n) is 3.26. The van der Waals surface area contributed by atoms with Gasteiger partial charge in [0.05, 0.1) is 6.26 Å². The predicted octanol–water partition coefficient (Wildman–Crippen LogP) is 5.33. The van der Waals surface area contributed by atoms with Gasteiger partial charge in [-0.1, -0.05) is 29.4 Å². The van der Waals surface area contributed by atoms with Crippen LogP contribution >= 0.6 is 0 Å². The molecule has 0 radical (unpaired) electrons. The highest BCUT2D eigenvalue weighted by atomic mass is 32.2. The van der Waals surface area contributed by atoms with E-state index in [1.807, 2.05) is 0 Å². The number of alkyl halides is 7. The third-order valence-electron chi connectivity index (χ3n) is 4.67. The Morgan fingerprint density at radius 3 is 2.12 bits per heavy atom. The Morgan fingerprint density at radius 2 is 1.56 bits per heavy atom. The van der Waals surface area contributed by atoms with Crippen LogP contribution in [0.15, 0.2) is 47.6 Å². The molecule has 0 amide bonds. The summed E-state index contributed by atoms with van der Waals surface area (Å²) in [4.78, 5) is 0. The van der Waals surface area contributed by atoms with E-state index < -0.39 is 39.4 Å². The maximum atomic E-state index is 14.5. The SMILES string of the molecule is CCn1c2ccccc2c2cc(C(=NOS(C)(=O)=O)C(F)(F)C(F)(F)C(F)(F)F)ccc21. The molecular formula is C19H15F7N2O3S. The van der Waals surface area contributed by atoms with Crippen molar-refractivity contribution in [2.75, 3.05) is 6.26 Å². The minimum atomic E-state index is -6.65. The van der Waals surface area contributed by atoms with Crippen molar-refractivity contribution >= 4 is 37.6 Å². The zero-order valence-corrected chi connectivity index (χ0v) is 17.2. The van der Waals surface area contributed by atoms with E-state index in [-0.39, 0.29) is 5.39 Å². The second-order valence-electron chi connectivity index (χ2n) is 6.86. The first-order chi connectivity index (χ1) is 14.6. The van der Waals surface area contributed by atoms with Crippen LogP contribution in [0.1, 0.15) is 12.5 Å². The minimum absolute atomic E-state index is 0.262. The Labute approximate surface area is 177 Å². The molecule has 0 atom stereocenters. The van der Waals surface area contributed by atoms with Crippen molar-refractivity contribution in [2.45, 2.75) is 31.5 Å². The number of fused-ring (bicyclic) bond motifs is 3. The molecule has 0 bridgehead atoms. The van der Waals surface area contributed by atoms with Gasteiger partial charge in [-0.15, -0.1) is 0 Å². The monoisotopic (exact) mass is 484 g/mol. The number of aromatic nitrogens is 1. The standard InChI is InChI=1S/C19H15F7N2O3S/c1-3-28-14-7-5-4-6-12(14)13-10-11(8-9-15(13)28)16(27-31-32(2,29)30)17(20,21)18(22,23)19(24,25)26/h4-10H,3H2,1-2H3. The molecule has 174 valence electrons. The molecule has 3 aromatic rings. The molecule has 13 heteroatoms. The van der Waals surface area contributed by atoms with Gasteiger partial charge in [-0.3, -0.25) is 4.28 Å². The molecule has 0 N–H and O–H groups in total. The van der Waals surface area contributed by atoms with Crippen LogP contribution in [0.3, 0.4) is 0 Å². The summed E-state index contributed by atoms with van der Waals surface area (Å²) in [5.74, 6) is -12.5. The molecular weight excluding hydrogens is 469 g/mol. The van der Waals surface area contributed by atoms with E-state index in [0.717, 1.165) is 12.1 Å². The van der Waals surface area contributed by atoms with Gasteiger partial charge < -0.3 is 4.57 Å². The van der Waals surface area contributed by atoms with Crippen molar-refractivity contribution in [1.29, 1.82) is 0 Å².